The van der Waals surface area contributed by atoms with Crippen molar-refractivity contribution in [2.24, 2.45) is 5.73 Å². The minimum Gasteiger partial charge on any atom is -0.465 e. The van der Waals surface area contributed by atoms with Crippen LogP contribution in [0.2, 0.25) is 25.7 Å². The third kappa shape index (κ3) is 7.47. The topological polar surface area (TPSA) is 92.8 Å². The Labute approximate surface area is 163 Å². The smallest absolute Gasteiger partial charge is 0.340 e. The highest BCUT2D eigenvalue weighted by molar-refractivity contribution is 6.76. The molecule has 0 radical (unpaired) electrons. The summed E-state index contributed by atoms with van der Waals surface area (Å²) in [5.41, 5.74) is 7.80. The van der Waals surface area contributed by atoms with E-state index in [-0.39, 0.29) is 19.6 Å². The van der Waals surface area contributed by atoms with Gasteiger partial charge in [-0.25, -0.2) is 4.79 Å². The first-order valence-corrected chi connectivity index (χ1v) is 13.2. The maximum absolute atomic E-state index is 12.4. The normalized spacial score (nSPS) is 12.7. The molecule has 1 aromatic rings. The van der Waals surface area contributed by atoms with Crippen LogP contribution in [0.25, 0.3) is 0 Å². The van der Waals surface area contributed by atoms with E-state index in [0.717, 1.165) is 11.7 Å². The Morgan fingerprint density at radius 3 is 2.37 bits per heavy atom. The van der Waals surface area contributed by atoms with Gasteiger partial charge in [0.05, 0.1) is 18.8 Å². The zero-order valence-electron chi connectivity index (χ0n) is 17.5. The van der Waals surface area contributed by atoms with Crippen LogP contribution in [-0.2, 0) is 32.2 Å². The number of esters is 2. The Hall–Kier alpha value is -1.64. The minimum absolute atomic E-state index is 0.204. The van der Waals surface area contributed by atoms with E-state index in [1.165, 1.54) is 0 Å². The highest BCUT2D eigenvalue weighted by Gasteiger charge is 2.25. The van der Waals surface area contributed by atoms with E-state index >= 15 is 0 Å². The molecule has 0 saturated carbocycles. The number of carbonyl (C=O) groups is 2. The van der Waals surface area contributed by atoms with Gasteiger partial charge in [0, 0.05) is 33.0 Å². The van der Waals surface area contributed by atoms with E-state index in [2.05, 4.69) is 19.6 Å². The van der Waals surface area contributed by atoms with Gasteiger partial charge >= 0.3 is 11.9 Å². The van der Waals surface area contributed by atoms with Crippen molar-refractivity contribution in [3.63, 3.8) is 0 Å². The third-order valence-electron chi connectivity index (χ3n) is 4.16. The fourth-order valence-electron chi connectivity index (χ4n) is 2.61. The van der Waals surface area contributed by atoms with Crippen molar-refractivity contribution >= 4 is 20.0 Å². The summed E-state index contributed by atoms with van der Waals surface area (Å²) in [4.78, 5) is 24.3. The van der Waals surface area contributed by atoms with Gasteiger partial charge < -0.3 is 24.5 Å². The van der Waals surface area contributed by atoms with E-state index in [1.807, 2.05) is 17.7 Å². The van der Waals surface area contributed by atoms with Crippen molar-refractivity contribution in [2.45, 2.75) is 65.6 Å². The predicted octanol–water partition coefficient (Wildman–Crippen LogP) is 2.72. The molecule has 1 unspecified atom stereocenters. The lowest BCUT2D eigenvalue weighted by atomic mass is 10.0. The van der Waals surface area contributed by atoms with Crippen LogP contribution in [0, 0.1) is 6.92 Å². The summed E-state index contributed by atoms with van der Waals surface area (Å²) in [5, 5.41) is 0. The first kappa shape index (κ1) is 23.4. The standard InChI is InChI=1S/C19H34N2O5Si/c1-7-25-18(22)16(20)11-15-12-21(13-24-9-10-27(4,5)6)14(3)17(15)19(23)26-8-2/h12,16H,7-11,13,20H2,1-6H3. The van der Waals surface area contributed by atoms with Crippen LogP contribution in [-0.4, -0.2) is 50.4 Å². The summed E-state index contributed by atoms with van der Waals surface area (Å²) in [6.45, 7) is 13.8. The first-order chi connectivity index (χ1) is 12.6. The molecule has 0 bridgehead atoms. The maximum atomic E-state index is 12.4. The highest BCUT2D eigenvalue weighted by atomic mass is 28.3. The Morgan fingerprint density at radius 1 is 1.19 bits per heavy atom. The summed E-state index contributed by atoms with van der Waals surface area (Å²) in [6, 6.07) is 0.236. The summed E-state index contributed by atoms with van der Waals surface area (Å²) in [7, 11) is -1.16. The zero-order chi connectivity index (χ0) is 20.6. The van der Waals surface area contributed by atoms with Gasteiger partial charge in [-0.2, -0.15) is 0 Å². The highest BCUT2D eigenvalue weighted by Crippen LogP contribution is 2.21. The lowest BCUT2D eigenvalue weighted by Gasteiger charge is -2.16. The van der Waals surface area contributed by atoms with Crippen molar-refractivity contribution in [2.75, 3.05) is 19.8 Å². The first-order valence-electron chi connectivity index (χ1n) is 9.46. The van der Waals surface area contributed by atoms with Gasteiger partial charge in [-0.1, -0.05) is 19.6 Å². The molecule has 7 nitrogen and oxygen atoms in total. The molecule has 0 aliphatic heterocycles. The lowest BCUT2D eigenvalue weighted by Crippen LogP contribution is -2.34. The molecule has 1 rings (SSSR count). The van der Waals surface area contributed by atoms with Gasteiger partial charge in [0.25, 0.3) is 0 Å². The predicted molar refractivity (Wildman–Crippen MR) is 108 cm³/mol. The fourth-order valence-corrected chi connectivity index (χ4v) is 3.36. The van der Waals surface area contributed by atoms with Crippen LogP contribution < -0.4 is 5.73 Å². The van der Waals surface area contributed by atoms with Crippen molar-refractivity contribution in [1.29, 1.82) is 0 Å². The molecular weight excluding hydrogens is 364 g/mol. The summed E-state index contributed by atoms with van der Waals surface area (Å²) >= 11 is 0. The summed E-state index contributed by atoms with van der Waals surface area (Å²) in [5.74, 6) is -0.897. The third-order valence-corrected chi connectivity index (χ3v) is 5.87. The maximum Gasteiger partial charge on any atom is 0.340 e. The molecule has 1 aromatic heterocycles. The van der Waals surface area contributed by atoms with Crippen LogP contribution in [0.3, 0.4) is 0 Å². The van der Waals surface area contributed by atoms with Crippen molar-refractivity contribution < 1.29 is 23.8 Å². The molecule has 1 heterocycles. The molecule has 0 aromatic carbocycles. The number of aromatic nitrogens is 1. The second-order valence-electron chi connectivity index (χ2n) is 7.72. The number of nitrogens with two attached hydrogens (primary N) is 1. The summed E-state index contributed by atoms with van der Waals surface area (Å²) < 4.78 is 17.8. The largest absolute Gasteiger partial charge is 0.465 e. The van der Waals surface area contributed by atoms with Gasteiger partial charge in [-0.15, -0.1) is 0 Å². The Balaban J connectivity index is 2.96. The average Bonchev–Trinajstić information content (AvgIpc) is 2.86. The van der Waals surface area contributed by atoms with Crippen LogP contribution in [0.1, 0.15) is 35.5 Å². The van der Waals surface area contributed by atoms with Gasteiger partial charge in [0.2, 0.25) is 0 Å². The molecule has 27 heavy (non-hydrogen) atoms. The van der Waals surface area contributed by atoms with Crippen LogP contribution >= 0.6 is 0 Å². The molecule has 1 atom stereocenters. The molecular formula is C19H34N2O5Si. The number of carbonyl (C=O) groups excluding carboxylic acids is 2. The van der Waals surface area contributed by atoms with Crippen LogP contribution in [0.4, 0.5) is 0 Å². The lowest BCUT2D eigenvalue weighted by molar-refractivity contribution is -0.144. The number of ether oxygens (including phenoxy) is 3. The number of nitrogens with zero attached hydrogens (tertiary/aromatic N) is 1. The molecule has 0 fully saturated rings. The van der Waals surface area contributed by atoms with Gasteiger partial charge in [0.15, 0.2) is 0 Å². The van der Waals surface area contributed by atoms with E-state index in [9.17, 15) is 9.59 Å². The molecule has 154 valence electrons. The molecule has 0 aliphatic carbocycles. The van der Waals surface area contributed by atoms with Gasteiger partial charge in [-0.05, 0) is 32.4 Å². The average molecular weight is 399 g/mol. The van der Waals surface area contributed by atoms with E-state index in [1.54, 1.807) is 13.8 Å². The van der Waals surface area contributed by atoms with Crippen molar-refractivity contribution in [3.8, 4) is 0 Å². The number of hydrogen-bond acceptors (Lipinski definition) is 6. The minimum atomic E-state index is -1.16. The quantitative estimate of drug-likeness (QED) is 0.350. The number of rotatable bonds is 11. The Kier molecular flexibility index (Phi) is 9.21. The Morgan fingerprint density at radius 2 is 1.81 bits per heavy atom. The van der Waals surface area contributed by atoms with Crippen molar-refractivity contribution in [1.82, 2.24) is 4.57 Å². The van der Waals surface area contributed by atoms with Crippen LogP contribution in [0.5, 0.6) is 0 Å². The summed E-state index contributed by atoms with van der Waals surface area (Å²) in [6.07, 6.45) is 2.02. The van der Waals surface area contributed by atoms with Gasteiger partial charge in [0.1, 0.15) is 12.8 Å². The van der Waals surface area contributed by atoms with E-state index < -0.39 is 26.1 Å². The monoisotopic (exact) mass is 398 g/mol. The fraction of sp³-hybridized carbons (Fsp3) is 0.684. The van der Waals surface area contributed by atoms with Crippen LogP contribution in [0.15, 0.2) is 6.20 Å². The second kappa shape index (κ2) is 10.6. The Bertz CT molecular complexity index is 637. The number of hydrogen-bond donors (Lipinski definition) is 1. The van der Waals surface area contributed by atoms with Gasteiger partial charge in [-0.3, -0.25) is 4.79 Å². The molecule has 8 heteroatoms. The second-order valence-corrected chi connectivity index (χ2v) is 13.3. The molecule has 0 aliphatic rings. The molecule has 0 amide bonds. The zero-order valence-corrected chi connectivity index (χ0v) is 18.5. The van der Waals surface area contributed by atoms with E-state index in [0.29, 0.717) is 24.5 Å². The van der Waals surface area contributed by atoms with E-state index in [4.69, 9.17) is 19.9 Å². The van der Waals surface area contributed by atoms with Crippen molar-refractivity contribution in [3.05, 3.63) is 23.0 Å². The SMILES string of the molecule is CCOC(=O)c1c(CC(N)C(=O)OCC)cn(COCC[Si](C)(C)C)c1C. The molecule has 2 N–H and O–H groups in total. The molecule has 0 spiro atoms. The molecule has 0 saturated heterocycles.